The van der Waals surface area contributed by atoms with Gasteiger partial charge in [0.05, 0.1) is 0 Å². The topological polar surface area (TPSA) is 75.5 Å². The molecule has 0 atom stereocenters. The van der Waals surface area contributed by atoms with Gasteiger partial charge in [-0.05, 0) is 43.3 Å². The third-order valence-corrected chi connectivity index (χ3v) is 3.56. The number of benzene rings is 1. The Balaban J connectivity index is 1.80. The van der Waals surface area contributed by atoms with Crippen molar-refractivity contribution >= 4 is 23.1 Å². The number of hydrogen-bond donors (Lipinski definition) is 2. The van der Waals surface area contributed by atoms with E-state index in [1.165, 1.54) is 0 Å². The van der Waals surface area contributed by atoms with E-state index >= 15 is 0 Å². The third kappa shape index (κ3) is 2.91. The van der Waals surface area contributed by atoms with Crippen molar-refractivity contribution in [2.24, 2.45) is 0 Å². The van der Waals surface area contributed by atoms with Crippen LogP contribution in [-0.2, 0) is 0 Å². The number of hydrogen-bond acceptors (Lipinski definition) is 3. The minimum absolute atomic E-state index is 0.168. The van der Waals surface area contributed by atoms with Gasteiger partial charge in [0.1, 0.15) is 11.3 Å². The number of anilines is 1. The van der Waals surface area contributed by atoms with Crippen molar-refractivity contribution in [1.29, 1.82) is 0 Å². The summed E-state index contributed by atoms with van der Waals surface area (Å²) in [6, 6.07) is 12.4. The van der Waals surface area contributed by atoms with Gasteiger partial charge in [0.2, 0.25) is 0 Å². The van der Waals surface area contributed by atoms with Crippen LogP contribution >= 0.6 is 0 Å². The highest BCUT2D eigenvalue weighted by molar-refractivity contribution is 6.03. The predicted molar refractivity (Wildman–Crippen MR) is 87.7 cm³/mol. The van der Waals surface area contributed by atoms with Gasteiger partial charge in [-0.15, -0.1) is 0 Å². The van der Waals surface area contributed by atoms with Crippen LogP contribution in [0.2, 0.25) is 0 Å². The number of rotatable bonds is 3. The van der Waals surface area contributed by atoms with Crippen molar-refractivity contribution in [1.82, 2.24) is 14.7 Å². The number of carbonyl (C=O) groups excluding carboxylic acids is 2. The molecule has 0 spiro atoms. The number of pyridine rings is 1. The molecule has 3 aromatic rings. The Bertz CT molecular complexity index is 881. The number of amides is 2. The van der Waals surface area contributed by atoms with E-state index in [0.717, 1.165) is 11.3 Å². The molecule has 2 N–H and O–H groups in total. The smallest absolute Gasteiger partial charge is 0.275 e. The first-order valence-corrected chi connectivity index (χ1v) is 7.16. The van der Waals surface area contributed by atoms with Crippen LogP contribution in [0.15, 0.2) is 48.7 Å². The molecule has 0 radical (unpaired) electrons. The monoisotopic (exact) mass is 308 g/mol. The number of fused-ring (bicyclic) bond motifs is 1. The van der Waals surface area contributed by atoms with Crippen LogP contribution in [0.5, 0.6) is 0 Å². The molecule has 1 aromatic carbocycles. The summed E-state index contributed by atoms with van der Waals surface area (Å²) in [4.78, 5) is 28.1. The first-order chi connectivity index (χ1) is 11.1. The summed E-state index contributed by atoms with van der Waals surface area (Å²) in [6.07, 6.45) is 1.71. The molecule has 0 aliphatic rings. The molecular weight excluding hydrogens is 292 g/mol. The Hall–Kier alpha value is -3.15. The Morgan fingerprint density at radius 2 is 1.78 bits per heavy atom. The van der Waals surface area contributed by atoms with Gasteiger partial charge in [-0.1, -0.05) is 6.07 Å². The summed E-state index contributed by atoms with van der Waals surface area (Å²) >= 11 is 0. The van der Waals surface area contributed by atoms with E-state index in [9.17, 15) is 9.59 Å². The predicted octanol–water partition coefficient (Wildman–Crippen LogP) is 2.25. The molecular formula is C17H16N4O2. The number of imidazole rings is 1. The molecule has 116 valence electrons. The number of nitrogens with one attached hydrogen (secondary N) is 2. The minimum Gasteiger partial charge on any atom is -0.355 e. The minimum atomic E-state index is -0.291. The molecule has 2 amide bonds. The Labute approximate surface area is 133 Å². The van der Waals surface area contributed by atoms with Crippen LogP contribution in [0.25, 0.3) is 5.65 Å². The maximum atomic E-state index is 12.3. The highest BCUT2D eigenvalue weighted by Crippen LogP contribution is 2.13. The van der Waals surface area contributed by atoms with Crippen LogP contribution in [0, 0.1) is 6.92 Å². The molecule has 23 heavy (non-hydrogen) atoms. The van der Waals surface area contributed by atoms with E-state index in [1.54, 1.807) is 37.5 Å². The second-order valence-corrected chi connectivity index (χ2v) is 5.13. The second kappa shape index (κ2) is 5.92. The Kier molecular flexibility index (Phi) is 3.80. The van der Waals surface area contributed by atoms with Crippen molar-refractivity contribution in [3.05, 3.63) is 65.6 Å². The van der Waals surface area contributed by atoms with Gasteiger partial charge in [0.15, 0.2) is 0 Å². The first-order valence-electron chi connectivity index (χ1n) is 7.16. The van der Waals surface area contributed by atoms with Crippen molar-refractivity contribution in [2.75, 3.05) is 12.4 Å². The zero-order valence-corrected chi connectivity index (χ0v) is 12.8. The van der Waals surface area contributed by atoms with Crippen molar-refractivity contribution in [2.45, 2.75) is 6.92 Å². The fraction of sp³-hybridized carbons (Fsp3) is 0.118. The van der Waals surface area contributed by atoms with E-state index in [1.807, 2.05) is 29.5 Å². The fourth-order valence-electron chi connectivity index (χ4n) is 2.30. The van der Waals surface area contributed by atoms with E-state index < -0.39 is 0 Å². The lowest BCUT2D eigenvalue weighted by Gasteiger charge is -2.04. The van der Waals surface area contributed by atoms with Crippen LogP contribution in [-0.4, -0.2) is 28.2 Å². The quantitative estimate of drug-likeness (QED) is 0.779. The lowest BCUT2D eigenvalue weighted by Crippen LogP contribution is -2.18. The molecule has 2 aromatic heterocycles. The van der Waals surface area contributed by atoms with Crippen LogP contribution in [0.4, 0.5) is 5.69 Å². The highest BCUT2D eigenvalue weighted by Gasteiger charge is 2.12. The number of nitrogens with zero attached hydrogens (tertiary/aromatic N) is 2. The lowest BCUT2D eigenvalue weighted by atomic mass is 10.2. The highest BCUT2D eigenvalue weighted by atomic mass is 16.2. The molecule has 6 nitrogen and oxygen atoms in total. The Morgan fingerprint density at radius 1 is 1.04 bits per heavy atom. The van der Waals surface area contributed by atoms with E-state index in [0.29, 0.717) is 16.9 Å². The average Bonchev–Trinajstić information content (AvgIpc) is 3.00. The maximum Gasteiger partial charge on any atom is 0.275 e. The van der Waals surface area contributed by atoms with Gasteiger partial charge in [-0.3, -0.25) is 9.59 Å². The van der Waals surface area contributed by atoms with Crippen molar-refractivity contribution in [3.8, 4) is 0 Å². The van der Waals surface area contributed by atoms with Gasteiger partial charge in [-0.25, -0.2) is 4.98 Å². The zero-order valence-electron chi connectivity index (χ0n) is 12.8. The SMILES string of the molecule is CNC(=O)c1ccc(NC(=O)c2cn3c(C)cccc3n2)cc1. The second-order valence-electron chi connectivity index (χ2n) is 5.13. The van der Waals surface area contributed by atoms with Gasteiger partial charge in [-0.2, -0.15) is 0 Å². The van der Waals surface area contributed by atoms with Crippen molar-refractivity contribution < 1.29 is 9.59 Å². The molecule has 0 fully saturated rings. The molecule has 0 aliphatic heterocycles. The van der Waals surface area contributed by atoms with Gasteiger partial charge in [0, 0.05) is 30.2 Å². The summed E-state index contributed by atoms with van der Waals surface area (Å²) in [5, 5.41) is 5.32. The summed E-state index contributed by atoms with van der Waals surface area (Å²) in [6.45, 7) is 1.95. The largest absolute Gasteiger partial charge is 0.355 e. The first kappa shape index (κ1) is 14.8. The molecule has 6 heteroatoms. The summed E-state index contributed by atoms with van der Waals surface area (Å²) in [5.74, 6) is -0.459. The average molecular weight is 308 g/mol. The molecule has 0 aliphatic carbocycles. The van der Waals surface area contributed by atoms with Gasteiger partial charge >= 0.3 is 0 Å². The number of carbonyl (C=O) groups is 2. The molecule has 0 saturated carbocycles. The van der Waals surface area contributed by atoms with Gasteiger partial charge in [0.25, 0.3) is 11.8 Å². The van der Waals surface area contributed by atoms with Crippen LogP contribution in [0.1, 0.15) is 26.5 Å². The van der Waals surface area contributed by atoms with Crippen molar-refractivity contribution in [3.63, 3.8) is 0 Å². The summed E-state index contributed by atoms with van der Waals surface area (Å²) in [7, 11) is 1.57. The fourth-order valence-corrected chi connectivity index (χ4v) is 2.30. The molecule has 3 rings (SSSR count). The molecule has 0 bridgehead atoms. The van der Waals surface area contributed by atoms with Crippen LogP contribution < -0.4 is 10.6 Å². The third-order valence-electron chi connectivity index (χ3n) is 3.56. The number of aromatic nitrogens is 2. The molecule has 0 unspecified atom stereocenters. The van der Waals surface area contributed by atoms with E-state index in [-0.39, 0.29) is 11.8 Å². The van der Waals surface area contributed by atoms with E-state index in [4.69, 9.17) is 0 Å². The maximum absolute atomic E-state index is 12.3. The standard InChI is InChI=1S/C17H16N4O2/c1-11-4-3-5-15-20-14(10-21(11)15)17(23)19-13-8-6-12(7-9-13)16(22)18-2/h3-10H,1-2H3,(H,18,22)(H,19,23). The van der Waals surface area contributed by atoms with E-state index in [2.05, 4.69) is 15.6 Å². The number of aryl methyl sites for hydroxylation is 1. The zero-order chi connectivity index (χ0) is 16.4. The Morgan fingerprint density at radius 3 is 2.43 bits per heavy atom. The van der Waals surface area contributed by atoms with Gasteiger partial charge < -0.3 is 15.0 Å². The molecule has 0 saturated heterocycles. The normalized spacial score (nSPS) is 10.5. The van der Waals surface area contributed by atoms with Crippen LogP contribution in [0.3, 0.4) is 0 Å². The summed E-state index contributed by atoms with van der Waals surface area (Å²) in [5.41, 5.74) is 3.22. The molecule has 2 heterocycles. The lowest BCUT2D eigenvalue weighted by molar-refractivity contribution is 0.0962. The summed E-state index contributed by atoms with van der Waals surface area (Å²) < 4.78 is 1.86.